The summed E-state index contributed by atoms with van der Waals surface area (Å²) in [6.45, 7) is 14.1. The lowest BCUT2D eigenvalue weighted by molar-refractivity contribution is -0.387. The smallest absolute Gasteiger partial charge is 0.309 e. The molecule has 0 saturated carbocycles. The minimum Gasteiger partial charge on any atom is -0.457 e. The van der Waals surface area contributed by atoms with E-state index in [9.17, 15) is 45.0 Å². The number of aliphatic hydroxyl groups excluding tert-OH is 6. The SMILES string of the molecule is CCCCCCCCCCCC(=O)OC1C(OC2C(C)OC3OC4C(OC(CCCCC)CCCCCCCCCC(=O)OC2C3O)OC(C)C(O)C4O)OC(C)C(OC2OC(C)C(OC(=O)C(C)CC)C(O)C2O)C1O. The van der Waals surface area contributed by atoms with Crippen LogP contribution >= 0.6 is 0 Å². The summed E-state index contributed by atoms with van der Waals surface area (Å²) in [4.78, 5) is 40.2. The van der Waals surface area contributed by atoms with Crippen molar-refractivity contribution in [2.75, 3.05) is 0 Å². The predicted octanol–water partition coefficient (Wildman–Crippen LogP) is 6.48. The quantitative estimate of drug-likeness (QED) is 0.0385. The van der Waals surface area contributed by atoms with Gasteiger partial charge in [-0.15, -0.1) is 0 Å². The molecule has 22 atom stereocenters. The summed E-state index contributed by atoms with van der Waals surface area (Å²) in [7, 11) is 0. The molecule has 5 heterocycles. The normalized spacial score (nSPS) is 39.5. The Morgan fingerprint density at radius 1 is 0.519 bits per heavy atom. The van der Waals surface area contributed by atoms with Crippen molar-refractivity contribution in [1.29, 1.82) is 0 Å². The van der Waals surface area contributed by atoms with Crippen LogP contribution in [0.15, 0.2) is 0 Å². The fraction of sp³-hybridized carbons (Fsp3) is 0.947. The molecule has 0 aromatic rings. The largest absolute Gasteiger partial charge is 0.457 e. The molecule has 5 fully saturated rings. The van der Waals surface area contributed by atoms with E-state index < -0.39 is 147 Å². The number of fused-ring (bicyclic) bond motifs is 3. The lowest BCUT2D eigenvalue weighted by atomic mass is 9.95. The van der Waals surface area contributed by atoms with Gasteiger partial charge in [-0.2, -0.15) is 0 Å². The van der Waals surface area contributed by atoms with Gasteiger partial charge in [-0.3, -0.25) is 14.4 Å². The first-order chi connectivity index (χ1) is 36.9. The van der Waals surface area contributed by atoms with Crippen molar-refractivity contribution in [3.05, 3.63) is 0 Å². The van der Waals surface area contributed by atoms with Crippen LogP contribution in [0.25, 0.3) is 0 Å². The van der Waals surface area contributed by atoms with Crippen LogP contribution in [0.3, 0.4) is 0 Å². The van der Waals surface area contributed by atoms with E-state index in [1.54, 1.807) is 34.6 Å². The molecule has 0 aliphatic carbocycles. The van der Waals surface area contributed by atoms with Crippen molar-refractivity contribution >= 4 is 17.9 Å². The van der Waals surface area contributed by atoms with Gasteiger partial charge in [-0.25, -0.2) is 0 Å². The van der Waals surface area contributed by atoms with Crippen molar-refractivity contribution in [3.63, 3.8) is 0 Å². The van der Waals surface area contributed by atoms with Crippen LogP contribution in [0.4, 0.5) is 0 Å². The molecule has 0 spiro atoms. The van der Waals surface area contributed by atoms with Gasteiger partial charge in [0.1, 0.15) is 54.9 Å². The maximum absolute atomic E-state index is 13.8. The number of hydrogen-bond donors (Lipinski definition) is 6. The van der Waals surface area contributed by atoms with E-state index in [1.807, 2.05) is 6.92 Å². The third kappa shape index (κ3) is 19.5. The summed E-state index contributed by atoms with van der Waals surface area (Å²) in [5.41, 5.74) is 0. The average Bonchev–Trinajstić information content (AvgIpc) is 3.41. The van der Waals surface area contributed by atoms with Crippen LogP contribution in [0, 0.1) is 5.92 Å². The van der Waals surface area contributed by atoms with Crippen LogP contribution in [0.5, 0.6) is 0 Å². The Hall–Kier alpha value is -2.15. The first-order valence-corrected chi connectivity index (χ1v) is 29.8. The van der Waals surface area contributed by atoms with Gasteiger partial charge < -0.3 is 82.7 Å². The lowest BCUT2D eigenvalue weighted by Crippen LogP contribution is -2.67. The van der Waals surface area contributed by atoms with E-state index in [1.165, 1.54) is 19.3 Å². The monoisotopic (exact) mass is 1100 g/mol. The third-order valence-corrected chi connectivity index (χ3v) is 16.1. The summed E-state index contributed by atoms with van der Waals surface area (Å²) in [6, 6.07) is 0. The van der Waals surface area contributed by atoms with Gasteiger partial charge in [0.25, 0.3) is 0 Å². The molecule has 5 aliphatic rings. The molecule has 5 aliphatic heterocycles. The van der Waals surface area contributed by atoms with Crippen molar-refractivity contribution in [2.45, 2.75) is 338 Å². The van der Waals surface area contributed by atoms with Crippen molar-refractivity contribution in [2.24, 2.45) is 5.92 Å². The number of rotatable bonds is 22. The maximum Gasteiger partial charge on any atom is 0.309 e. The first-order valence-electron chi connectivity index (χ1n) is 29.8. The molecule has 448 valence electrons. The highest BCUT2D eigenvalue weighted by Gasteiger charge is 2.56. The molecule has 0 amide bonds. The molecule has 0 radical (unpaired) electrons. The first kappa shape index (κ1) is 65.7. The number of esters is 3. The summed E-state index contributed by atoms with van der Waals surface area (Å²) in [6.07, 6.45) is -8.12. The zero-order valence-corrected chi connectivity index (χ0v) is 47.6. The minimum atomic E-state index is -1.78. The van der Waals surface area contributed by atoms with Crippen LogP contribution in [0.2, 0.25) is 0 Å². The van der Waals surface area contributed by atoms with Crippen molar-refractivity contribution in [1.82, 2.24) is 0 Å². The van der Waals surface area contributed by atoms with Gasteiger partial charge in [-0.05, 0) is 59.8 Å². The molecule has 6 N–H and O–H groups in total. The Morgan fingerprint density at radius 2 is 1.09 bits per heavy atom. The second kappa shape index (κ2) is 33.7. The molecule has 0 aromatic carbocycles. The van der Waals surface area contributed by atoms with E-state index >= 15 is 0 Å². The van der Waals surface area contributed by atoms with Crippen LogP contribution < -0.4 is 0 Å². The highest BCUT2D eigenvalue weighted by Crippen LogP contribution is 2.37. The predicted molar refractivity (Wildman–Crippen MR) is 280 cm³/mol. The number of carbonyl (C=O) groups excluding carboxylic acids is 3. The van der Waals surface area contributed by atoms with E-state index in [4.69, 9.17) is 52.1 Å². The van der Waals surface area contributed by atoms with E-state index in [0.29, 0.717) is 19.3 Å². The zero-order valence-electron chi connectivity index (χ0n) is 47.6. The molecule has 0 aromatic heterocycles. The molecule has 2 bridgehead atoms. The van der Waals surface area contributed by atoms with E-state index in [2.05, 4.69) is 13.8 Å². The number of ether oxygens (including phenoxy) is 11. The summed E-state index contributed by atoms with van der Waals surface area (Å²) >= 11 is 0. The fourth-order valence-corrected chi connectivity index (χ4v) is 10.9. The fourth-order valence-electron chi connectivity index (χ4n) is 10.9. The number of aliphatic hydroxyl groups is 6. The molecular weight excluding hydrogens is 1000 g/mol. The molecule has 77 heavy (non-hydrogen) atoms. The van der Waals surface area contributed by atoms with Gasteiger partial charge in [0.15, 0.2) is 43.5 Å². The second-order valence-corrected chi connectivity index (χ2v) is 22.5. The molecule has 22 unspecified atom stereocenters. The Bertz CT molecular complexity index is 1690. The van der Waals surface area contributed by atoms with Gasteiger partial charge in [0.2, 0.25) is 0 Å². The van der Waals surface area contributed by atoms with Crippen molar-refractivity contribution in [3.8, 4) is 0 Å². The number of unbranched alkanes of at least 4 members (excludes halogenated alkanes) is 10. The Labute approximate surface area is 458 Å². The van der Waals surface area contributed by atoms with Crippen LogP contribution in [-0.2, 0) is 66.5 Å². The Morgan fingerprint density at radius 3 is 1.77 bits per heavy atom. The highest BCUT2D eigenvalue weighted by molar-refractivity contribution is 5.72. The zero-order chi connectivity index (χ0) is 56.2. The summed E-state index contributed by atoms with van der Waals surface area (Å²) in [5, 5.41) is 69.6. The second-order valence-electron chi connectivity index (χ2n) is 22.5. The van der Waals surface area contributed by atoms with Gasteiger partial charge >= 0.3 is 17.9 Å². The highest BCUT2D eigenvalue weighted by atomic mass is 16.8. The van der Waals surface area contributed by atoms with Gasteiger partial charge in [0, 0.05) is 12.8 Å². The third-order valence-electron chi connectivity index (χ3n) is 16.1. The van der Waals surface area contributed by atoms with Crippen LogP contribution in [0.1, 0.15) is 209 Å². The van der Waals surface area contributed by atoms with Gasteiger partial charge in [-0.1, -0.05) is 137 Å². The van der Waals surface area contributed by atoms with Gasteiger partial charge in [0.05, 0.1) is 36.4 Å². The molecule has 20 nitrogen and oxygen atoms in total. The summed E-state index contributed by atoms with van der Waals surface area (Å²) in [5.74, 6) is -2.34. The van der Waals surface area contributed by atoms with E-state index in [-0.39, 0.29) is 18.9 Å². The summed E-state index contributed by atoms with van der Waals surface area (Å²) < 4.78 is 68.3. The lowest BCUT2D eigenvalue weighted by Gasteiger charge is -2.49. The minimum absolute atomic E-state index is 0.00703. The number of carbonyl (C=O) groups is 3. The van der Waals surface area contributed by atoms with E-state index in [0.717, 1.165) is 103 Å². The molecule has 5 saturated heterocycles. The Balaban J connectivity index is 1.40. The Kier molecular flexibility index (Phi) is 28.7. The van der Waals surface area contributed by atoms with Crippen LogP contribution in [-0.4, -0.2) is 177 Å². The molecule has 5 rings (SSSR count). The number of hydrogen-bond acceptors (Lipinski definition) is 20. The maximum atomic E-state index is 13.8. The standard InChI is InChI=1S/C57H100O20/c1-9-12-14-15-16-17-20-23-28-32-40(59)73-52-45(64)48(75-54-44(63)43(62)47(35(6)68-54)74-53(66)33(4)11-3)36(7)70-57(52)76-49-37(8)69-55-46(65)50(49)72-39(58)31-27-24-21-18-19-22-26-30-38(29-25-13-10-2)71-56-51(77-55)42(61)41(60)34(5)67-56/h33-38,41-52,54-57,60-65H,9-32H2,1-8H3. The molecular formula is C57H100O20. The topological polar surface area (TPSA) is 274 Å². The average molecular weight is 1110 g/mol. The molecule has 20 heteroatoms. The van der Waals surface area contributed by atoms with Crippen molar-refractivity contribution < 1.29 is 97.1 Å².